The van der Waals surface area contributed by atoms with Gasteiger partial charge in [-0.25, -0.2) is 4.57 Å². The zero-order chi connectivity index (χ0) is 10.6. The van der Waals surface area contributed by atoms with Crippen LogP contribution < -0.4 is 10.3 Å². The minimum Gasteiger partial charge on any atom is -0.400 e. The van der Waals surface area contributed by atoms with Crippen LogP contribution in [0.3, 0.4) is 0 Å². The zero-order valence-electron chi connectivity index (χ0n) is 6.72. The standard InChI is InChI=1S/C6H6Cl2NO4P/c7-12-14(10,13-8)11-6-4-2-1-3-5(6)9/h1-4H,9H2. The lowest BCUT2D eigenvalue weighted by Crippen LogP contribution is -1.96. The number of nitrogen functional groups attached to an aromatic ring is 1. The van der Waals surface area contributed by atoms with Gasteiger partial charge in [0.2, 0.25) is 0 Å². The molecule has 0 aromatic heterocycles. The predicted molar refractivity (Wildman–Crippen MR) is 53.0 cm³/mol. The summed E-state index contributed by atoms with van der Waals surface area (Å²) < 4.78 is 23.9. The normalized spacial score (nSPS) is 11.3. The molecule has 0 unspecified atom stereocenters. The van der Waals surface area contributed by atoms with E-state index in [9.17, 15) is 4.57 Å². The van der Waals surface area contributed by atoms with Crippen LogP contribution in [0, 0.1) is 0 Å². The minimum absolute atomic E-state index is 0.108. The van der Waals surface area contributed by atoms with E-state index < -0.39 is 7.82 Å². The summed E-state index contributed by atoms with van der Waals surface area (Å²) in [6.07, 6.45) is 0. The molecule has 78 valence electrons. The lowest BCUT2D eigenvalue weighted by atomic mass is 10.3. The average Bonchev–Trinajstić information content (AvgIpc) is 2.21. The SMILES string of the molecule is Nc1ccccc1OP(=O)(OCl)OCl. The predicted octanol–water partition coefficient (Wildman–Crippen LogP) is 3.10. The van der Waals surface area contributed by atoms with Crippen molar-refractivity contribution in [3.63, 3.8) is 0 Å². The van der Waals surface area contributed by atoms with Crippen molar-refractivity contribution in [1.82, 2.24) is 0 Å². The van der Waals surface area contributed by atoms with Gasteiger partial charge in [0.1, 0.15) is 0 Å². The van der Waals surface area contributed by atoms with Gasteiger partial charge < -0.3 is 10.3 Å². The molecule has 0 amide bonds. The molecule has 0 saturated carbocycles. The molecule has 0 heterocycles. The van der Waals surface area contributed by atoms with Crippen LogP contribution >= 0.6 is 31.6 Å². The molecule has 1 aromatic rings. The summed E-state index contributed by atoms with van der Waals surface area (Å²) in [7, 11) is -3.98. The first kappa shape index (κ1) is 11.6. The van der Waals surface area contributed by atoms with Crippen molar-refractivity contribution in [3.05, 3.63) is 24.3 Å². The fraction of sp³-hybridized carbons (Fsp3) is 0. The maximum absolute atomic E-state index is 11.3. The number of rotatable bonds is 4. The van der Waals surface area contributed by atoms with Crippen LogP contribution in [-0.2, 0) is 12.7 Å². The van der Waals surface area contributed by atoms with Crippen molar-refractivity contribution < 1.29 is 17.2 Å². The molecule has 0 spiro atoms. The molecule has 0 aliphatic carbocycles. The summed E-state index contributed by atoms with van der Waals surface area (Å²) in [5.74, 6) is 0.108. The molecule has 0 atom stereocenters. The maximum atomic E-state index is 11.3. The number of halogens is 2. The Labute approximate surface area is 90.6 Å². The van der Waals surface area contributed by atoms with E-state index in [1.165, 1.54) is 6.07 Å². The van der Waals surface area contributed by atoms with Gasteiger partial charge in [-0.1, -0.05) is 12.1 Å². The molecular formula is C6H6Cl2NO4P. The van der Waals surface area contributed by atoms with Gasteiger partial charge in [-0.3, -0.25) is 0 Å². The molecule has 1 aromatic carbocycles. The van der Waals surface area contributed by atoms with Crippen LogP contribution in [0.1, 0.15) is 0 Å². The first-order chi connectivity index (χ1) is 6.61. The zero-order valence-corrected chi connectivity index (χ0v) is 9.13. The van der Waals surface area contributed by atoms with Gasteiger partial charge in [-0.2, -0.15) is 8.15 Å². The molecule has 0 aliphatic heterocycles. The number of hydrogen-bond donors (Lipinski definition) is 1. The number of anilines is 1. The Morgan fingerprint density at radius 1 is 1.21 bits per heavy atom. The van der Waals surface area contributed by atoms with Gasteiger partial charge in [-0.15, -0.1) is 0 Å². The van der Waals surface area contributed by atoms with Crippen molar-refractivity contribution in [2.24, 2.45) is 0 Å². The Hall–Kier alpha value is -0.450. The lowest BCUT2D eigenvalue weighted by molar-refractivity contribution is 0.319. The molecule has 8 heteroatoms. The van der Waals surface area contributed by atoms with Crippen molar-refractivity contribution in [2.45, 2.75) is 0 Å². The molecular weight excluding hydrogens is 252 g/mol. The topological polar surface area (TPSA) is 70.8 Å². The second-order valence-electron chi connectivity index (χ2n) is 2.21. The van der Waals surface area contributed by atoms with Crippen LogP contribution in [0.15, 0.2) is 24.3 Å². The third-order valence-corrected chi connectivity index (χ3v) is 3.07. The van der Waals surface area contributed by atoms with Crippen molar-refractivity contribution in [1.29, 1.82) is 0 Å². The third-order valence-electron chi connectivity index (χ3n) is 1.30. The highest BCUT2D eigenvalue weighted by Gasteiger charge is 2.29. The van der Waals surface area contributed by atoms with Crippen LogP contribution in [0.2, 0.25) is 0 Å². The van der Waals surface area contributed by atoms with Crippen LogP contribution in [0.25, 0.3) is 0 Å². The number of phosphoric acid groups is 1. The van der Waals surface area contributed by atoms with Gasteiger partial charge >= 0.3 is 7.82 Å². The number of nitrogens with two attached hydrogens (primary N) is 1. The van der Waals surface area contributed by atoms with Gasteiger partial charge in [-0.05, 0) is 12.1 Å². The van der Waals surface area contributed by atoms with E-state index in [4.69, 9.17) is 34.0 Å². The summed E-state index contributed by atoms with van der Waals surface area (Å²) in [5, 5.41) is 0. The lowest BCUT2D eigenvalue weighted by Gasteiger charge is -2.11. The number of hydrogen-bond acceptors (Lipinski definition) is 5. The molecule has 5 nitrogen and oxygen atoms in total. The summed E-state index contributed by atoms with van der Waals surface area (Å²) >= 11 is 9.75. The highest BCUT2D eigenvalue weighted by Crippen LogP contribution is 2.52. The van der Waals surface area contributed by atoms with Crippen LogP contribution in [0.4, 0.5) is 5.69 Å². The van der Waals surface area contributed by atoms with E-state index in [-0.39, 0.29) is 11.4 Å². The highest BCUT2D eigenvalue weighted by molar-refractivity contribution is 7.50. The Bertz CT molecular complexity index is 353. The Morgan fingerprint density at radius 2 is 1.79 bits per heavy atom. The van der Waals surface area contributed by atoms with E-state index >= 15 is 0 Å². The van der Waals surface area contributed by atoms with Crippen LogP contribution in [0.5, 0.6) is 5.75 Å². The molecule has 1 rings (SSSR count). The highest BCUT2D eigenvalue weighted by atomic mass is 35.5. The molecule has 0 fully saturated rings. The van der Waals surface area contributed by atoms with Gasteiger partial charge in [0, 0.05) is 0 Å². The fourth-order valence-electron chi connectivity index (χ4n) is 0.723. The van der Waals surface area contributed by atoms with Crippen LogP contribution in [-0.4, -0.2) is 0 Å². The first-order valence-corrected chi connectivity index (χ1v) is 5.44. The molecule has 2 N–H and O–H groups in total. The molecule has 0 aliphatic rings. The monoisotopic (exact) mass is 257 g/mol. The van der Waals surface area contributed by atoms with Crippen molar-refractivity contribution >= 4 is 37.2 Å². The minimum atomic E-state index is -3.98. The van der Waals surface area contributed by atoms with Gasteiger partial charge in [0.05, 0.1) is 29.4 Å². The second-order valence-corrected chi connectivity index (χ2v) is 4.40. The van der Waals surface area contributed by atoms with Crippen molar-refractivity contribution in [3.8, 4) is 5.75 Å². The second kappa shape index (κ2) is 4.87. The van der Waals surface area contributed by atoms with Gasteiger partial charge in [0.25, 0.3) is 0 Å². The molecule has 0 radical (unpaired) electrons. The number of para-hydroxylation sites is 2. The quantitative estimate of drug-likeness (QED) is 0.663. The van der Waals surface area contributed by atoms with E-state index in [0.29, 0.717) is 0 Å². The largest absolute Gasteiger partial charge is 0.563 e. The summed E-state index contributed by atoms with van der Waals surface area (Å²) in [4.78, 5) is 0. The maximum Gasteiger partial charge on any atom is 0.563 e. The van der Waals surface area contributed by atoms with E-state index in [0.717, 1.165) is 0 Å². The fourth-order valence-corrected chi connectivity index (χ4v) is 1.63. The molecule has 0 bridgehead atoms. The smallest absolute Gasteiger partial charge is 0.400 e. The summed E-state index contributed by atoms with van der Waals surface area (Å²) in [5.41, 5.74) is 5.75. The molecule has 14 heavy (non-hydrogen) atoms. The first-order valence-electron chi connectivity index (χ1n) is 3.36. The van der Waals surface area contributed by atoms with E-state index in [1.54, 1.807) is 18.2 Å². The van der Waals surface area contributed by atoms with Crippen molar-refractivity contribution in [2.75, 3.05) is 5.73 Å². The summed E-state index contributed by atoms with van der Waals surface area (Å²) in [6.45, 7) is 0. The Balaban J connectivity index is 2.88. The number of benzene rings is 1. The molecule has 0 saturated heterocycles. The summed E-state index contributed by atoms with van der Waals surface area (Å²) in [6, 6.07) is 6.31. The van der Waals surface area contributed by atoms with E-state index in [2.05, 4.69) is 8.15 Å². The Kier molecular flexibility index (Phi) is 4.04. The third kappa shape index (κ3) is 2.77. The van der Waals surface area contributed by atoms with Gasteiger partial charge in [0.15, 0.2) is 5.75 Å². The van der Waals surface area contributed by atoms with E-state index in [1.807, 2.05) is 0 Å². The average molecular weight is 258 g/mol. The Morgan fingerprint density at radius 3 is 2.29 bits per heavy atom.